The van der Waals surface area contributed by atoms with Crippen molar-refractivity contribution >= 4 is 11.6 Å². The number of aromatic nitrogens is 2. The van der Waals surface area contributed by atoms with Crippen molar-refractivity contribution in [2.24, 2.45) is 0 Å². The number of hydrogen-bond acceptors (Lipinski definition) is 2. The van der Waals surface area contributed by atoms with Gasteiger partial charge in [-0.1, -0.05) is 24.3 Å². The van der Waals surface area contributed by atoms with E-state index in [-0.39, 0.29) is 11.6 Å². The molecule has 0 spiro atoms. The number of amides is 1. The van der Waals surface area contributed by atoms with Crippen molar-refractivity contribution in [1.82, 2.24) is 14.3 Å². The molecule has 134 valence electrons. The molecular formula is C19H16F3N3O. The molecule has 1 aromatic carbocycles. The van der Waals surface area contributed by atoms with Crippen LogP contribution in [-0.2, 0) is 19.1 Å². The highest BCUT2D eigenvalue weighted by molar-refractivity contribution is 5.94. The van der Waals surface area contributed by atoms with Gasteiger partial charge in [0, 0.05) is 19.3 Å². The summed E-state index contributed by atoms with van der Waals surface area (Å²) in [5.41, 5.74) is 2.40. The third kappa shape index (κ3) is 2.73. The molecule has 3 aromatic rings. The van der Waals surface area contributed by atoms with Crippen LogP contribution in [0.1, 0.15) is 32.9 Å². The normalized spacial score (nSPS) is 14.5. The maximum atomic E-state index is 13.1. The molecule has 7 heteroatoms. The van der Waals surface area contributed by atoms with Crippen molar-refractivity contribution in [3.05, 3.63) is 70.7 Å². The summed E-state index contributed by atoms with van der Waals surface area (Å²) in [7, 11) is 0. The molecule has 0 saturated heterocycles. The highest BCUT2D eigenvalue weighted by atomic mass is 19.4. The third-order valence-electron chi connectivity index (χ3n) is 4.74. The summed E-state index contributed by atoms with van der Waals surface area (Å²) in [5.74, 6) is -0.302. The smallest absolute Gasteiger partial charge is 0.333 e. The molecule has 0 saturated carbocycles. The zero-order valence-electron chi connectivity index (χ0n) is 14.0. The van der Waals surface area contributed by atoms with Gasteiger partial charge in [0.2, 0.25) is 0 Å². The van der Waals surface area contributed by atoms with Crippen molar-refractivity contribution in [2.45, 2.75) is 26.1 Å². The lowest BCUT2D eigenvalue weighted by atomic mass is 9.99. The van der Waals surface area contributed by atoms with Crippen LogP contribution in [-0.4, -0.2) is 26.7 Å². The molecule has 3 heterocycles. The fourth-order valence-electron chi connectivity index (χ4n) is 3.41. The Morgan fingerprint density at radius 1 is 1.12 bits per heavy atom. The van der Waals surface area contributed by atoms with Crippen LogP contribution in [0.25, 0.3) is 5.65 Å². The molecule has 1 aliphatic rings. The highest BCUT2D eigenvalue weighted by Gasteiger charge is 2.32. The van der Waals surface area contributed by atoms with Gasteiger partial charge in [-0.25, -0.2) is 4.98 Å². The summed E-state index contributed by atoms with van der Waals surface area (Å²) in [6, 6.07) is 10.2. The molecule has 4 rings (SSSR count). The Morgan fingerprint density at radius 2 is 1.85 bits per heavy atom. The van der Waals surface area contributed by atoms with Crippen molar-refractivity contribution < 1.29 is 18.0 Å². The monoisotopic (exact) mass is 359 g/mol. The number of hydrogen-bond donors (Lipinski definition) is 0. The molecule has 0 bridgehead atoms. The maximum absolute atomic E-state index is 13.1. The Labute approximate surface area is 147 Å². The maximum Gasteiger partial charge on any atom is 0.417 e. The van der Waals surface area contributed by atoms with E-state index >= 15 is 0 Å². The van der Waals surface area contributed by atoms with E-state index in [1.54, 1.807) is 11.8 Å². The number of alkyl halides is 3. The average Bonchev–Trinajstić information content (AvgIpc) is 2.94. The van der Waals surface area contributed by atoms with Crippen LogP contribution in [0.4, 0.5) is 13.2 Å². The molecule has 0 unspecified atom stereocenters. The summed E-state index contributed by atoms with van der Waals surface area (Å²) >= 11 is 0. The molecule has 0 N–H and O–H groups in total. The van der Waals surface area contributed by atoms with E-state index in [0.717, 1.165) is 24.2 Å². The molecule has 2 aromatic heterocycles. The second-order valence-corrected chi connectivity index (χ2v) is 6.43. The summed E-state index contributed by atoms with van der Waals surface area (Å²) in [5, 5.41) is 0. The van der Waals surface area contributed by atoms with Crippen molar-refractivity contribution in [3.63, 3.8) is 0 Å². The number of rotatable bonds is 1. The average molecular weight is 359 g/mol. The van der Waals surface area contributed by atoms with E-state index in [1.807, 2.05) is 24.3 Å². The van der Waals surface area contributed by atoms with Gasteiger partial charge in [-0.05, 0) is 36.6 Å². The first kappa shape index (κ1) is 16.6. The Kier molecular flexibility index (Phi) is 3.75. The summed E-state index contributed by atoms with van der Waals surface area (Å²) in [6.07, 6.45) is -2.80. The van der Waals surface area contributed by atoms with Gasteiger partial charge in [0.25, 0.3) is 5.91 Å². The van der Waals surface area contributed by atoms with Gasteiger partial charge in [0.05, 0.1) is 11.3 Å². The number of benzene rings is 1. The molecule has 0 aliphatic carbocycles. The predicted octanol–water partition coefficient (Wildman–Crippen LogP) is 3.86. The number of pyridine rings is 1. The third-order valence-corrected chi connectivity index (χ3v) is 4.74. The second-order valence-electron chi connectivity index (χ2n) is 6.43. The summed E-state index contributed by atoms with van der Waals surface area (Å²) in [6.45, 7) is 2.62. The van der Waals surface area contributed by atoms with E-state index in [2.05, 4.69) is 4.98 Å². The van der Waals surface area contributed by atoms with Crippen molar-refractivity contribution in [2.75, 3.05) is 6.54 Å². The fourth-order valence-corrected chi connectivity index (χ4v) is 3.41. The standard InChI is InChI=1S/C19H16F3N3O/c1-12-17(25-11-15(19(20,21)22)6-7-16(25)23-12)18(26)24-9-8-13-4-2-3-5-14(13)10-24/h2-7,11H,8-10H2,1H3. The zero-order valence-corrected chi connectivity index (χ0v) is 14.0. The van der Waals surface area contributed by atoms with Gasteiger partial charge in [0.1, 0.15) is 11.3 Å². The van der Waals surface area contributed by atoms with Gasteiger partial charge >= 0.3 is 6.18 Å². The first-order chi connectivity index (χ1) is 12.3. The molecule has 1 aliphatic heterocycles. The van der Waals surface area contributed by atoms with Crippen LogP contribution in [0.15, 0.2) is 42.6 Å². The fraction of sp³-hybridized carbons (Fsp3) is 0.263. The van der Waals surface area contributed by atoms with Crippen LogP contribution in [0.5, 0.6) is 0 Å². The summed E-state index contributed by atoms with van der Waals surface area (Å²) < 4.78 is 40.4. The minimum atomic E-state index is -4.48. The van der Waals surface area contributed by atoms with E-state index < -0.39 is 11.7 Å². The largest absolute Gasteiger partial charge is 0.417 e. The molecular weight excluding hydrogens is 343 g/mol. The zero-order chi connectivity index (χ0) is 18.5. The number of carbonyl (C=O) groups is 1. The van der Waals surface area contributed by atoms with E-state index in [0.29, 0.717) is 24.4 Å². The summed E-state index contributed by atoms with van der Waals surface area (Å²) in [4.78, 5) is 19.0. The minimum absolute atomic E-state index is 0.186. The van der Waals surface area contributed by atoms with Gasteiger partial charge in [-0.3, -0.25) is 9.20 Å². The van der Waals surface area contributed by atoms with Gasteiger partial charge in [0.15, 0.2) is 0 Å². The van der Waals surface area contributed by atoms with Crippen LogP contribution in [0.3, 0.4) is 0 Å². The van der Waals surface area contributed by atoms with E-state index in [9.17, 15) is 18.0 Å². The van der Waals surface area contributed by atoms with Gasteiger partial charge in [-0.2, -0.15) is 13.2 Å². The number of imidazole rings is 1. The minimum Gasteiger partial charge on any atom is -0.333 e. The lowest BCUT2D eigenvalue weighted by Gasteiger charge is -2.29. The van der Waals surface area contributed by atoms with E-state index in [1.165, 1.54) is 16.0 Å². The molecule has 0 fully saturated rings. The Morgan fingerprint density at radius 3 is 2.58 bits per heavy atom. The van der Waals surface area contributed by atoms with Crippen LogP contribution >= 0.6 is 0 Å². The topological polar surface area (TPSA) is 37.6 Å². The van der Waals surface area contributed by atoms with Crippen LogP contribution in [0.2, 0.25) is 0 Å². The number of carbonyl (C=O) groups excluding carboxylic acids is 1. The van der Waals surface area contributed by atoms with E-state index in [4.69, 9.17) is 0 Å². The van der Waals surface area contributed by atoms with Gasteiger partial charge in [-0.15, -0.1) is 0 Å². The number of halogens is 3. The number of aryl methyl sites for hydroxylation is 1. The number of nitrogens with zero attached hydrogens (tertiary/aromatic N) is 3. The van der Waals surface area contributed by atoms with Crippen molar-refractivity contribution in [3.8, 4) is 0 Å². The first-order valence-corrected chi connectivity index (χ1v) is 8.26. The van der Waals surface area contributed by atoms with Crippen molar-refractivity contribution in [1.29, 1.82) is 0 Å². The lowest BCUT2D eigenvalue weighted by Crippen LogP contribution is -2.36. The Balaban J connectivity index is 1.74. The van der Waals surface area contributed by atoms with Crippen LogP contribution in [0, 0.1) is 6.92 Å². The molecule has 0 atom stereocenters. The van der Waals surface area contributed by atoms with Crippen LogP contribution < -0.4 is 0 Å². The Bertz CT molecular complexity index is 1010. The second kappa shape index (κ2) is 5.86. The molecule has 26 heavy (non-hydrogen) atoms. The van der Waals surface area contributed by atoms with Gasteiger partial charge < -0.3 is 4.90 Å². The molecule has 1 amide bonds. The predicted molar refractivity (Wildman–Crippen MR) is 89.8 cm³/mol. The number of fused-ring (bicyclic) bond motifs is 2. The molecule has 4 nitrogen and oxygen atoms in total. The highest BCUT2D eigenvalue weighted by Crippen LogP contribution is 2.30. The molecule has 0 radical (unpaired) electrons. The SMILES string of the molecule is Cc1nc2ccc(C(F)(F)F)cn2c1C(=O)N1CCc2ccccc2C1. The lowest BCUT2D eigenvalue weighted by molar-refractivity contribution is -0.137. The first-order valence-electron chi connectivity index (χ1n) is 8.26. The quantitative estimate of drug-likeness (QED) is 0.662. The Hall–Kier alpha value is -2.83.